The number of aliphatic hydroxyl groups excluding tert-OH is 1. The Hall–Kier alpha value is -0.340. The van der Waals surface area contributed by atoms with Gasteiger partial charge in [0.15, 0.2) is 0 Å². The van der Waals surface area contributed by atoms with E-state index in [1.54, 1.807) is 0 Å². The third kappa shape index (κ3) is 3.12. The maximum atomic E-state index is 8.79. The van der Waals surface area contributed by atoms with E-state index in [0.717, 1.165) is 6.42 Å². The summed E-state index contributed by atoms with van der Waals surface area (Å²) in [6, 6.07) is 0. The van der Waals surface area contributed by atoms with E-state index in [-0.39, 0.29) is 12.1 Å². The van der Waals surface area contributed by atoms with Crippen LogP contribution in [0.3, 0.4) is 0 Å². The highest BCUT2D eigenvalue weighted by atomic mass is 16.3. The molecule has 1 saturated carbocycles. The molecule has 0 radical (unpaired) electrons. The lowest BCUT2D eigenvalue weighted by molar-refractivity contribution is 0.205. The first-order valence-corrected chi connectivity index (χ1v) is 5.30. The molecule has 0 amide bonds. The molecule has 0 aromatic heterocycles. The molecule has 2 heteroatoms. The van der Waals surface area contributed by atoms with Crippen LogP contribution < -0.4 is 5.32 Å². The van der Waals surface area contributed by atoms with Crippen LogP contribution in [0, 0.1) is 0 Å². The summed E-state index contributed by atoms with van der Waals surface area (Å²) >= 11 is 0. The lowest BCUT2D eigenvalue weighted by Crippen LogP contribution is -2.47. The van der Waals surface area contributed by atoms with Crippen molar-refractivity contribution >= 4 is 0 Å². The van der Waals surface area contributed by atoms with Crippen LogP contribution in [0.25, 0.3) is 0 Å². The standard InChI is InChI=1S/C11H21NO/c1-2-6-11(12-9-10-13)7-4-3-5-8-11/h2,12-13H,1,3-10H2. The molecule has 1 aliphatic rings. The van der Waals surface area contributed by atoms with Gasteiger partial charge in [-0.3, -0.25) is 0 Å². The van der Waals surface area contributed by atoms with Gasteiger partial charge in [0.05, 0.1) is 6.61 Å². The van der Waals surface area contributed by atoms with Gasteiger partial charge in [0.1, 0.15) is 0 Å². The van der Waals surface area contributed by atoms with Gasteiger partial charge in [-0.1, -0.05) is 25.3 Å². The Bertz CT molecular complexity index is 150. The molecule has 1 rings (SSSR count). The van der Waals surface area contributed by atoms with Crippen molar-refractivity contribution in [2.75, 3.05) is 13.2 Å². The Balaban J connectivity index is 2.45. The number of aliphatic hydroxyl groups is 1. The van der Waals surface area contributed by atoms with Gasteiger partial charge in [0.25, 0.3) is 0 Å². The van der Waals surface area contributed by atoms with Crippen molar-refractivity contribution in [3.05, 3.63) is 12.7 Å². The monoisotopic (exact) mass is 183 g/mol. The first-order valence-electron chi connectivity index (χ1n) is 5.30. The van der Waals surface area contributed by atoms with E-state index in [1.807, 2.05) is 6.08 Å². The molecule has 2 nitrogen and oxygen atoms in total. The van der Waals surface area contributed by atoms with Crippen molar-refractivity contribution in [3.8, 4) is 0 Å². The van der Waals surface area contributed by atoms with Crippen molar-refractivity contribution in [2.45, 2.75) is 44.1 Å². The molecule has 0 saturated heterocycles. The summed E-state index contributed by atoms with van der Waals surface area (Å²) in [5, 5.41) is 12.3. The molecule has 0 unspecified atom stereocenters. The number of hydrogen-bond acceptors (Lipinski definition) is 2. The van der Waals surface area contributed by atoms with Crippen LogP contribution in [-0.2, 0) is 0 Å². The number of hydrogen-bond donors (Lipinski definition) is 2. The highest BCUT2D eigenvalue weighted by molar-refractivity contribution is 4.95. The summed E-state index contributed by atoms with van der Waals surface area (Å²) in [7, 11) is 0. The number of β-amino-alcohol motifs (C(OH)–C–C–N with tert-alkyl or cyclic N) is 1. The van der Waals surface area contributed by atoms with Crippen molar-refractivity contribution < 1.29 is 5.11 Å². The van der Waals surface area contributed by atoms with Crippen molar-refractivity contribution in [2.24, 2.45) is 0 Å². The number of rotatable bonds is 5. The molecule has 2 N–H and O–H groups in total. The van der Waals surface area contributed by atoms with Gasteiger partial charge in [-0.25, -0.2) is 0 Å². The van der Waals surface area contributed by atoms with Crippen LogP contribution in [0.15, 0.2) is 12.7 Å². The van der Waals surface area contributed by atoms with Gasteiger partial charge < -0.3 is 10.4 Å². The second kappa shape index (κ2) is 5.40. The van der Waals surface area contributed by atoms with E-state index in [4.69, 9.17) is 5.11 Å². The summed E-state index contributed by atoms with van der Waals surface area (Å²) in [4.78, 5) is 0. The fourth-order valence-corrected chi connectivity index (χ4v) is 2.28. The van der Waals surface area contributed by atoms with Gasteiger partial charge >= 0.3 is 0 Å². The minimum Gasteiger partial charge on any atom is -0.395 e. The lowest BCUT2D eigenvalue weighted by Gasteiger charge is -2.37. The molecule has 13 heavy (non-hydrogen) atoms. The van der Waals surface area contributed by atoms with Crippen LogP contribution in [0.5, 0.6) is 0 Å². The highest BCUT2D eigenvalue weighted by Crippen LogP contribution is 2.30. The average Bonchev–Trinajstić information content (AvgIpc) is 2.17. The third-order valence-electron chi connectivity index (χ3n) is 2.96. The molecule has 1 aliphatic carbocycles. The fraction of sp³-hybridized carbons (Fsp3) is 0.818. The lowest BCUT2D eigenvalue weighted by atomic mass is 9.79. The molecule has 76 valence electrons. The largest absolute Gasteiger partial charge is 0.395 e. The smallest absolute Gasteiger partial charge is 0.0556 e. The van der Waals surface area contributed by atoms with E-state index in [0.29, 0.717) is 6.54 Å². The third-order valence-corrected chi connectivity index (χ3v) is 2.96. The zero-order valence-corrected chi connectivity index (χ0v) is 8.39. The molecule has 0 bridgehead atoms. The molecule has 0 aliphatic heterocycles. The van der Waals surface area contributed by atoms with E-state index in [9.17, 15) is 0 Å². The van der Waals surface area contributed by atoms with Gasteiger partial charge in [0.2, 0.25) is 0 Å². The average molecular weight is 183 g/mol. The van der Waals surface area contributed by atoms with Gasteiger partial charge in [-0.2, -0.15) is 0 Å². The zero-order valence-electron chi connectivity index (χ0n) is 8.39. The summed E-state index contributed by atoms with van der Waals surface area (Å²) in [6.07, 6.45) is 9.49. The molecule has 1 fully saturated rings. The van der Waals surface area contributed by atoms with Crippen LogP contribution in [0.2, 0.25) is 0 Å². The molecule has 0 aromatic carbocycles. The van der Waals surface area contributed by atoms with Crippen LogP contribution in [0.4, 0.5) is 0 Å². The molecular formula is C11H21NO. The van der Waals surface area contributed by atoms with E-state index in [2.05, 4.69) is 11.9 Å². The quantitative estimate of drug-likeness (QED) is 0.637. The predicted molar refractivity (Wildman–Crippen MR) is 55.7 cm³/mol. The Morgan fingerprint density at radius 1 is 1.31 bits per heavy atom. The summed E-state index contributed by atoms with van der Waals surface area (Å²) in [5.74, 6) is 0. The second-order valence-corrected chi connectivity index (χ2v) is 3.98. The SMILES string of the molecule is C=CCC1(NCCO)CCCCC1. The Kier molecular flexibility index (Phi) is 4.46. The summed E-state index contributed by atoms with van der Waals surface area (Å²) in [5.41, 5.74) is 0.253. The minimum absolute atomic E-state index is 0.235. The van der Waals surface area contributed by atoms with Crippen molar-refractivity contribution in [1.82, 2.24) is 5.32 Å². The van der Waals surface area contributed by atoms with Gasteiger partial charge in [-0.15, -0.1) is 6.58 Å². The van der Waals surface area contributed by atoms with Crippen LogP contribution in [0.1, 0.15) is 38.5 Å². The van der Waals surface area contributed by atoms with E-state index in [1.165, 1.54) is 32.1 Å². The normalized spacial score (nSPS) is 21.3. The predicted octanol–water partition coefficient (Wildman–Crippen LogP) is 1.85. The van der Waals surface area contributed by atoms with Crippen molar-refractivity contribution in [1.29, 1.82) is 0 Å². The number of nitrogens with one attached hydrogen (secondary N) is 1. The molecule has 0 aromatic rings. The van der Waals surface area contributed by atoms with E-state index >= 15 is 0 Å². The molecule has 0 heterocycles. The first kappa shape index (κ1) is 10.7. The minimum atomic E-state index is 0.235. The Morgan fingerprint density at radius 2 is 2.00 bits per heavy atom. The maximum Gasteiger partial charge on any atom is 0.0556 e. The molecule has 0 atom stereocenters. The second-order valence-electron chi connectivity index (χ2n) is 3.98. The Morgan fingerprint density at radius 3 is 2.54 bits per heavy atom. The zero-order chi connectivity index (χ0) is 9.57. The maximum absolute atomic E-state index is 8.79. The Labute approximate surface area is 81.0 Å². The summed E-state index contributed by atoms with van der Waals surface area (Å²) in [6.45, 7) is 4.76. The van der Waals surface area contributed by atoms with E-state index < -0.39 is 0 Å². The highest BCUT2D eigenvalue weighted by Gasteiger charge is 2.29. The van der Waals surface area contributed by atoms with Gasteiger partial charge in [0, 0.05) is 12.1 Å². The van der Waals surface area contributed by atoms with Crippen molar-refractivity contribution in [3.63, 3.8) is 0 Å². The molecule has 0 spiro atoms. The van der Waals surface area contributed by atoms with Gasteiger partial charge in [-0.05, 0) is 19.3 Å². The molecular weight excluding hydrogens is 162 g/mol. The van der Waals surface area contributed by atoms with Crippen LogP contribution >= 0.6 is 0 Å². The summed E-state index contributed by atoms with van der Waals surface area (Å²) < 4.78 is 0. The fourth-order valence-electron chi connectivity index (χ4n) is 2.28. The first-order chi connectivity index (χ1) is 6.33. The topological polar surface area (TPSA) is 32.3 Å². The van der Waals surface area contributed by atoms with Crippen LogP contribution in [-0.4, -0.2) is 23.8 Å².